The van der Waals surface area contributed by atoms with Gasteiger partial charge < -0.3 is 10.2 Å². The van der Waals surface area contributed by atoms with Gasteiger partial charge in [-0.15, -0.1) is 0 Å². The third kappa shape index (κ3) is 5.64. The molecule has 0 aliphatic rings. The molecule has 4 rings (SSSR count). The fourth-order valence-electron chi connectivity index (χ4n) is 3.05. The molecule has 2 aromatic carbocycles. The molecular weight excluding hydrogens is 404 g/mol. The number of pyridine rings is 2. The van der Waals surface area contributed by atoms with Crippen molar-refractivity contribution in [2.45, 2.75) is 13.8 Å². The van der Waals surface area contributed by atoms with Gasteiger partial charge in [0.05, 0.1) is 0 Å². The molecule has 2 aromatic heterocycles. The van der Waals surface area contributed by atoms with Crippen LogP contribution in [0.15, 0.2) is 94.9 Å². The maximum atomic E-state index is 11.5. The number of nitrogens with zero attached hydrogens (tertiary/aromatic N) is 2. The zero-order valence-corrected chi connectivity index (χ0v) is 17.7. The predicted octanol–water partition coefficient (Wildman–Crippen LogP) is 4.25. The van der Waals surface area contributed by atoms with E-state index in [1.54, 1.807) is 42.9 Å². The van der Waals surface area contributed by atoms with Crippen molar-refractivity contribution >= 4 is 0 Å². The highest BCUT2D eigenvalue weighted by molar-refractivity contribution is 5.66. The van der Waals surface area contributed by atoms with Gasteiger partial charge in [-0.2, -0.15) is 0 Å². The van der Waals surface area contributed by atoms with E-state index in [9.17, 15) is 19.8 Å². The molecule has 2 N–H and O–H groups in total. The Bertz CT molecular complexity index is 1370. The van der Waals surface area contributed by atoms with Crippen molar-refractivity contribution < 1.29 is 10.2 Å². The second-order valence-electron chi connectivity index (χ2n) is 7.13. The molecule has 4 aromatic rings. The molecule has 0 unspecified atom stereocenters. The standard InChI is InChI=1S/2C13H11NO2/c1-9-8-14-6-5-11(9)10-3-2-4-12(15)13(16)7-10;1-9-7-11(5-6-14-9)10-3-2-4-12(15)13(16)8-10/h2*2-8H,1H3,(H,15,16). The van der Waals surface area contributed by atoms with E-state index >= 15 is 0 Å². The first kappa shape index (κ1) is 22.4. The highest BCUT2D eigenvalue weighted by Gasteiger charge is 2.02. The highest BCUT2D eigenvalue weighted by atomic mass is 16.3. The zero-order valence-electron chi connectivity index (χ0n) is 17.7. The van der Waals surface area contributed by atoms with Crippen LogP contribution in [0.3, 0.4) is 0 Å². The van der Waals surface area contributed by atoms with Gasteiger partial charge in [0.25, 0.3) is 0 Å². The van der Waals surface area contributed by atoms with Crippen LogP contribution < -0.4 is 10.9 Å². The number of aryl methyl sites for hydroxylation is 2. The molecule has 0 aliphatic heterocycles. The van der Waals surface area contributed by atoms with Crippen LogP contribution in [-0.4, -0.2) is 20.2 Å². The molecule has 6 nitrogen and oxygen atoms in total. The molecule has 6 heteroatoms. The van der Waals surface area contributed by atoms with Crippen LogP contribution >= 0.6 is 0 Å². The second-order valence-corrected chi connectivity index (χ2v) is 7.13. The molecule has 0 atom stereocenters. The lowest BCUT2D eigenvalue weighted by Gasteiger charge is -2.01. The largest absolute Gasteiger partial charge is 0.504 e. The summed E-state index contributed by atoms with van der Waals surface area (Å²) in [5.41, 5.74) is 4.54. The summed E-state index contributed by atoms with van der Waals surface area (Å²) in [6.07, 6.45) is 5.12. The van der Waals surface area contributed by atoms with E-state index in [2.05, 4.69) is 9.97 Å². The summed E-state index contributed by atoms with van der Waals surface area (Å²) < 4.78 is 0. The average Bonchev–Trinajstić information content (AvgIpc) is 3.05. The van der Waals surface area contributed by atoms with E-state index in [-0.39, 0.29) is 22.4 Å². The maximum absolute atomic E-state index is 11.5. The van der Waals surface area contributed by atoms with Gasteiger partial charge in [-0.3, -0.25) is 19.6 Å². The molecule has 0 fully saturated rings. The van der Waals surface area contributed by atoms with Crippen molar-refractivity contribution in [3.63, 3.8) is 0 Å². The van der Waals surface area contributed by atoms with Crippen molar-refractivity contribution in [1.29, 1.82) is 0 Å². The van der Waals surface area contributed by atoms with E-state index < -0.39 is 0 Å². The van der Waals surface area contributed by atoms with E-state index in [4.69, 9.17) is 0 Å². The Labute approximate surface area is 185 Å². The lowest BCUT2D eigenvalue weighted by molar-refractivity contribution is 0.470. The Balaban J connectivity index is 0.000000181. The Hall–Kier alpha value is -4.32. The molecule has 0 bridgehead atoms. The van der Waals surface area contributed by atoms with Crippen LogP contribution in [0.2, 0.25) is 0 Å². The predicted molar refractivity (Wildman–Crippen MR) is 125 cm³/mol. The molecule has 0 aliphatic carbocycles. The molecule has 0 saturated heterocycles. The summed E-state index contributed by atoms with van der Waals surface area (Å²) in [4.78, 5) is 31.0. The first-order valence-electron chi connectivity index (χ1n) is 9.86. The molecule has 0 spiro atoms. The monoisotopic (exact) mass is 426 g/mol. The molecule has 160 valence electrons. The number of hydrogen-bond donors (Lipinski definition) is 2. The summed E-state index contributed by atoms with van der Waals surface area (Å²) in [5, 5.41) is 18.6. The van der Waals surface area contributed by atoms with Crippen molar-refractivity contribution in [3.8, 4) is 33.8 Å². The van der Waals surface area contributed by atoms with Crippen LogP contribution in [0.5, 0.6) is 11.5 Å². The SMILES string of the molecule is Cc1cc(-c2cccc(O)c(=O)c2)ccn1.Cc1cnccc1-c1cccc(O)c(=O)c1. The van der Waals surface area contributed by atoms with E-state index in [1.807, 2.05) is 32.0 Å². The van der Waals surface area contributed by atoms with E-state index in [0.717, 1.165) is 33.5 Å². The number of aromatic hydroxyl groups is 2. The van der Waals surface area contributed by atoms with Gasteiger partial charge in [-0.1, -0.05) is 24.3 Å². The van der Waals surface area contributed by atoms with E-state index in [0.29, 0.717) is 0 Å². The smallest absolute Gasteiger partial charge is 0.220 e. The van der Waals surface area contributed by atoms with E-state index in [1.165, 1.54) is 24.3 Å². The fraction of sp³-hybridized carbons (Fsp3) is 0.0769. The van der Waals surface area contributed by atoms with Gasteiger partial charge in [0.2, 0.25) is 10.9 Å². The average molecular weight is 426 g/mol. The molecule has 32 heavy (non-hydrogen) atoms. The first-order valence-corrected chi connectivity index (χ1v) is 9.86. The van der Waals surface area contributed by atoms with Crippen LogP contribution in [0, 0.1) is 13.8 Å². The molecule has 0 radical (unpaired) electrons. The number of hydrogen-bond acceptors (Lipinski definition) is 6. The molecular formula is C26H22N2O4. The van der Waals surface area contributed by atoms with Crippen molar-refractivity contribution in [3.05, 3.63) is 117 Å². The normalized spacial score (nSPS) is 10.1. The summed E-state index contributed by atoms with van der Waals surface area (Å²) in [6.45, 7) is 3.82. The summed E-state index contributed by atoms with van der Waals surface area (Å²) in [5.74, 6) is -0.477. The van der Waals surface area contributed by atoms with Gasteiger partial charge in [-0.25, -0.2) is 0 Å². The van der Waals surface area contributed by atoms with Crippen LogP contribution in [0.4, 0.5) is 0 Å². The van der Waals surface area contributed by atoms with Crippen molar-refractivity contribution in [1.82, 2.24) is 9.97 Å². The summed E-state index contributed by atoms with van der Waals surface area (Å²) in [7, 11) is 0. The van der Waals surface area contributed by atoms with Crippen molar-refractivity contribution in [2.75, 3.05) is 0 Å². The highest BCUT2D eigenvalue weighted by Crippen LogP contribution is 2.21. The Morgan fingerprint density at radius 3 is 1.91 bits per heavy atom. The lowest BCUT2D eigenvalue weighted by Crippen LogP contribution is -1.94. The van der Waals surface area contributed by atoms with Gasteiger partial charge in [-0.05, 0) is 84.1 Å². The molecule has 0 amide bonds. The quantitative estimate of drug-likeness (QED) is 0.497. The van der Waals surface area contributed by atoms with Gasteiger partial charge in [0, 0.05) is 24.3 Å². The lowest BCUT2D eigenvalue weighted by atomic mass is 10.0. The summed E-state index contributed by atoms with van der Waals surface area (Å²) in [6, 6.07) is 18.1. The Kier molecular flexibility index (Phi) is 7.08. The number of rotatable bonds is 2. The Morgan fingerprint density at radius 2 is 1.28 bits per heavy atom. The first-order chi connectivity index (χ1) is 15.3. The van der Waals surface area contributed by atoms with Gasteiger partial charge in [0.1, 0.15) is 0 Å². The Morgan fingerprint density at radius 1 is 0.688 bits per heavy atom. The topological polar surface area (TPSA) is 100 Å². The molecule has 2 heterocycles. The number of aromatic nitrogens is 2. The minimum atomic E-state index is -0.380. The van der Waals surface area contributed by atoms with Gasteiger partial charge >= 0.3 is 0 Å². The zero-order chi connectivity index (χ0) is 23.1. The van der Waals surface area contributed by atoms with Crippen LogP contribution in [-0.2, 0) is 0 Å². The third-order valence-electron chi connectivity index (χ3n) is 4.70. The summed E-state index contributed by atoms with van der Waals surface area (Å²) >= 11 is 0. The molecule has 0 saturated carbocycles. The minimum absolute atomic E-state index is 0.238. The maximum Gasteiger partial charge on any atom is 0.220 e. The van der Waals surface area contributed by atoms with Crippen LogP contribution in [0.1, 0.15) is 11.3 Å². The second kappa shape index (κ2) is 10.1. The third-order valence-corrected chi connectivity index (χ3v) is 4.70. The van der Waals surface area contributed by atoms with Crippen LogP contribution in [0.25, 0.3) is 22.3 Å². The fourth-order valence-corrected chi connectivity index (χ4v) is 3.05. The van der Waals surface area contributed by atoms with Crippen molar-refractivity contribution in [2.24, 2.45) is 0 Å². The minimum Gasteiger partial charge on any atom is -0.504 e. The van der Waals surface area contributed by atoms with Gasteiger partial charge in [0.15, 0.2) is 11.5 Å².